The van der Waals surface area contributed by atoms with E-state index in [0.717, 1.165) is 35.2 Å². The van der Waals surface area contributed by atoms with Gasteiger partial charge in [-0.3, -0.25) is 0 Å². The fraction of sp³-hybridized carbons (Fsp3) is 0.342. The molecule has 5 nitrogen and oxygen atoms in total. The van der Waals surface area contributed by atoms with E-state index in [-0.39, 0.29) is 17.9 Å². The van der Waals surface area contributed by atoms with Gasteiger partial charge in [0.15, 0.2) is 0 Å². The molecule has 0 aliphatic carbocycles. The quantitative estimate of drug-likeness (QED) is 0.134. The largest absolute Gasteiger partial charge is 0.506 e. The number of hydrogen-bond donors (Lipinski definition) is 1. The SMILES string of the molecule is Cc1ccc(OCCCN(C)c2c(C(C)C)cccc2C(C)C)c(-c2cc(C)cc(C(=O)OCc3ccccc3)c2O)c1. The summed E-state index contributed by atoms with van der Waals surface area (Å²) in [6.07, 6.45) is 0.824. The number of carbonyl (C=O) groups is 1. The number of aryl methyl sites for hydroxylation is 2. The number of rotatable bonds is 12. The molecule has 0 saturated heterocycles. The van der Waals surface area contributed by atoms with Crippen molar-refractivity contribution in [3.63, 3.8) is 0 Å². The van der Waals surface area contributed by atoms with Gasteiger partial charge in [0.2, 0.25) is 0 Å². The Morgan fingerprint density at radius 3 is 2.12 bits per heavy atom. The van der Waals surface area contributed by atoms with Crippen molar-refractivity contribution in [2.24, 2.45) is 0 Å². The van der Waals surface area contributed by atoms with Crippen molar-refractivity contribution >= 4 is 11.7 Å². The maximum atomic E-state index is 13.0. The number of para-hydroxylation sites is 1. The van der Waals surface area contributed by atoms with Gasteiger partial charge in [-0.2, -0.15) is 0 Å². The first kappa shape index (κ1) is 31.7. The molecule has 0 aromatic heterocycles. The lowest BCUT2D eigenvalue weighted by atomic mass is 9.92. The van der Waals surface area contributed by atoms with Crippen LogP contribution in [0.3, 0.4) is 0 Å². The van der Waals surface area contributed by atoms with Crippen LogP contribution in [-0.4, -0.2) is 31.3 Å². The Morgan fingerprint density at radius 2 is 1.47 bits per heavy atom. The lowest BCUT2D eigenvalue weighted by molar-refractivity contribution is 0.0469. The van der Waals surface area contributed by atoms with Crippen LogP contribution in [-0.2, 0) is 11.3 Å². The molecule has 4 rings (SSSR count). The van der Waals surface area contributed by atoms with Gasteiger partial charge < -0.3 is 19.5 Å². The summed E-state index contributed by atoms with van der Waals surface area (Å²) in [7, 11) is 2.16. The molecule has 5 heteroatoms. The van der Waals surface area contributed by atoms with Crippen molar-refractivity contribution in [3.8, 4) is 22.6 Å². The van der Waals surface area contributed by atoms with Crippen LogP contribution >= 0.6 is 0 Å². The van der Waals surface area contributed by atoms with Gasteiger partial charge in [0, 0.05) is 30.4 Å². The summed E-state index contributed by atoms with van der Waals surface area (Å²) < 4.78 is 11.9. The second-order valence-electron chi connectivity index (χ2n) is 12.0. The summed E-state index contributed by atoms with van der Waals surface area (Å²) in [5.41, 5.74) is 8.25. The topological polar surface area (TPSA) is 59.0 Å². The summed E-state index contributed by atoms with van der Waals surface area (Å²) >= 11 is 0. The molecule has 0 saturated carbocycles. The number of hydrogen-bond acceptors (Lipinski definition) is 5. The molecule has 0 aliphatic heterocycles. The lowest BCUT2D eigenvalue weighted by Gasteiger charge is -2.28. The third kappa shape index (κ3) is 7.78. The normalized spacial score (nSPS) is 11.2. The van der Waals surface area contributed by atoms with Crippen molar-refractivity contribution < 1.29 is 19.4 Å². The van der Waals surface area contributed by atoms with Crippen LogP contribution in [0, 0.1) is 13.8 Å². The van der Waals surface area contributed by atoms with E-state index in [2.05, 4.69) is 57.8 Å². The number of anilines is 1. The fourth-order valence-electron chi connectivity index (χ4n) is 5.47. The molecular weight excluding hydrogens is 534 g/mol. The molecule has 0 amide bonds. The molecule has 43 heavy (non-hydrogen) atoms. The predicted octanol–water partition coefficient (Wildman–Crippen LogP) is 9.19. The van der Waals surface area contributed by atoms with Gasteiger partial charge in [0.25, 0.3) is 0 Å². The van der Waals surface area contributed by atoms with Crippen molar-refractivity contribution in [1.82, 2.24) is 0 Å². The van der Waals surface area contributed by atoms with Gasteiger partial charge in [-0.1, -0.05) is 87.9 Å². The zero-order valence-electron chi connectivity index (χ0n) is 26.6. The first-order chi connectivity index (χ1) is 20.6. The van der Waals surface area contributed by atoms with Crippen LogP contribution < -0.4 is 9.64 Å². The Kier molecular flexibility index (Phi) is 10.5. The maximum Gasteiger partial charge on any atom is 0.342 e. The maximum absolute atomic E-state index is 13.0. The van der Waals surface area contributed by atoms with E-state index < -0.39 is 5.97 Å². The van der Waals surface area contributed by atoms with E-state index in [1.165, 1.54) is 16.8 Å². The van der Waals surface area contributed by atoms with E-state index in [1.54, 1.807) is 6.07 Å². The number of aromatic hydroxyl groups is 1. The van der Waals surface area contributed by atoms with Crippen LogP contribution in [0.4, 0.5) is 5.69 Å². The number of benzene rings is 4. The molecule has 0 fully saturated rings. The fourth-order valence-corrected chi connectivity index (χ4v) is 5.47. The van der Waals surface area contributed by atoms with Crippen LogP contribution in [0.25, 0.3) is 11.1 Å². The lowest BCUT2D eigenvalue weighted by Crippen LogP contribution is -2.23. The number of ether oxygens (including phenoxy) is 2. The number of phenolic OH excluding ortho intramolecular Hbond substituents is 1. The molecule has 4 aromatic carbocycles. The first-order valence-corrected chi connectivity index (χ1v) is 15.2. The van der Waals surface area contributed by atoms with Crippen molar-refractivity contribution in [1.29, 1.82) is 0 Å². The van der Waals surface area contributed by atoms with Crippen molar-refractivity contribution in [3.05, 3.63) is 112 Å². The zero-order chi connectivity index (χ0) is 31.1. The van der Waals surface area contributed by atoms with Crippen molar-refractivity contribution in [2.75, 3.05) is 25.1 Å². The van der Waals surface area contributed by atoms with Gasteiger partial charge in [0.1, 0.15) is 23.7 Å². The average molecular weight is 580 g/mol. The molecule has 1 N–H and O–H groups in total. The molecule has 0 radical (unpaired) electrons. The molecule has 0 spiro atoms. The van der Waals surface area contributed by atoms with Gasteiger partial charge in [0.05, 0.1) is 6.61 Å². The number of carbonyl (C=O) groups excluding carboxylic acids is 1. The van der Waals surface area contributed by atoms with E-state index in [1.807, 2.05) is 68.4 Å². The van der Waals surface area contributed by atoms with Crippen LogP contribution in [0.5, 0.6) is 11.5 Å². The summed E-state index contributed by atoms with van der Waals surface area (Å²) in [5.74, 6) is 0.871. The molecule has 0 aliphatic rings. The second-order valence-corrected chi connectivity index (χ2v) is 12.0. The van der Waals surface area contributed by atoms with Gasteiger partial charge >= 0.3 is 5.97 Å². The summed E-state index contributed by atoms with van der Waals surface area (Å²) in [6, 6.07) is 25.6. The molecule has 4 aromatic rings. The Bertz CT molecular complexity index is 1520. The minimum atomic E-state index is -0.563. The number of nitrogens with zero attached hydrogens (tertiary/aromatic N) is 1. The third-order valence-corrected chi connectivity index (χ3v) is 7.73. The molecule has 0 bridgehead atoms. The molecule has 0 heterocycles. The highest BCUT2D eigenvalue weighted by atomic mass is 16.5. The van der Waals surface area contributed by atoms with E-state index in [9.17, 15) is 9.90 Å². The molecule has 0 unspecified atom stereocenters. The monoisotopic (exact) mass is 579 g/mol. The Morgan fingerprint density at radius 1 is 0.814 bits per heavy atom. The predicted molar refractivity (Wildman–Crippen MR) is 177 cm³/mol. The summed E-state index contributed by atoms with van der Waals surface area (Å²) in [4.78, 5) is 15.4. The van der Waals surface area contributed by atoms with Gasteiger partial charge in [-0.15, -0.1) is 0 Å². The number of phenols is 1. The average Bonchev–Trinajstić information content (AvgIpc) is 2.99. The van der Waals surface area contributed by atoms with Crippen molar-refractivity contribution in [2.45, 2.75) is 66.4 Å². The van der Waals surface area contributed by atoms with E-state index >= 15 is 0 Å². The molecular formula is C38H45NO4. The standard InChI is InChI=1S/C38H45NO4/c1-25(2)30-15-11-16-31(26(3)4)36(30)39(7)19-12-20-42-35-18-17-27(5)21-32(35)33-22-28(6)23-34(37(33)40)38(41)43-24-29-13-9-8-10-14-29/h8-11,13-18,21-23,25-26,40H,12,19-20,24H2,1-7H3. The second kappa shape index (κ2) is 14.3. The Hall–Kier alpha value is -4.25. The van der Waals surface area contributed by atoms with Gasteiger partial charge in [-0.25, -0.2) is 4.79 Å². The smallest absolute Gasteiger partial charge is 0.342 e. The Labute approximate surface area is 257 Å². The highest BCUT2D eigenvalue weighted by Gasteiger charge is 2.21. The van der Waals surface area contributed by atoms with Crippen LogP contribution in [0.15, 0.2) is 78.9 Å². The minimum absolute atomic E-state index is 0.106. The summed E-state index contributed by atoms with van der Waals surface area (Å²) in [6.45, 7) is 14.4. The summed E-state index contributed by atoms with van der Waals surface area (Å²) in [5, 5.41) is 11.3. The van der Waals surface area contributed by atoms with Gasteiger partial charge in [-0.05, 0) is 78.6 Å². The van der Waals surface area contributed by atoms with E-state index in [4.69, 9.17) is 9.47 Å². The van der Waals surface area contributed by atoms with E-state index in [0.29, 0.717) is 29.8 Å². The molecule has 0 atom stereocenters. The third-order valence-electron chi connectivity index (χ3n) is 7.73. The van der Waals surface area contributed by atoms with Crippen LogP contribution in [0.1, 0.15) is 84.1 Å². The number of esters is 1. The van der Waals surface area contributed by atoms with Crippen LogP contribution in [0.2, 0.25) is 0 Å². The first-order valence-electron chi connectivity index (χ1n) is 15.2. The Balaban J connectivity index is 1.51. The zero-order valence-corrected chi connectivity index (χ0v) is 26.6. The highest BCUT2D eigenvalue weighted by molar-refractivity contribution is 5.96. The minimum Gasteiger partial charge on any atom is -0.506 e. The molecule has 226 valence electrons. The highest BCUT2D eigenvalue weighted by Crippen LogP contribution is 2.40.